The molecule has 2 aromatic rings. The maximum Gasteiger partial charge on any atom is 0.272 e. The Hall–Kier alpha value is -2.70. The molecule has 0 aliphatic carbocycles. The lowest BCUT2D eigenvalue weighted by Gasteiger charge is -2.36. The van der Waals surface area contributed by atoms with Crippen LogP contribution in [0.3, 0.4) is 0 Å². The molecule has 6 nitrogen and oxygen atoms in total. The van der Waals surface area contributed by atoms with Gasteiger partial charge in [0.05, 0.1) is 5.69 Å². The molecule has 0 radical (unpaired) electrons. The number of benzene rings is 1. The molecular formula is C20H26FN5O. The summed E-state index contributed by atoms with van der Waals surface area (Å²) < 4.78 is 14.0. The lowest BCUT2D eigenvalue weighted by Crippen LogP contribution is -2.47. The molecular weight excluding hydrogens is 345 g/mol. The standard InChI is InChI=1S/C20H26FN5O/c1-3-4-11-24(2)19(27)17-9-10-22-20(23-17)26-14-12-25(13-15-26)18-8-6-5-7-16(18)21/h5-10H,3-4,11-15H2,1-2H3. The quantitative estimate of drug-likeness (QED) is 0.782. The number of halogens is 1. The molecule has 0 bridgehead atoms. The first-order chi connectivity index (χ1) is 13.1. The minimum absolute atomic E-state index is 0.0860. The van der Waals surface area contributed by atoms with E-state index in [0.29, 0.717) is 43.5 Å². The molecule has 0 saturated carbocycles. The summed E-state index contributed by atoms with van der Waals surface area (Å²) in [4.78, 5) is 27.1. The lowest BCUT2D eigenvalue weighted by atomic mass is 10.2. The van der Waals surface area contributed by atoms with Crippen molar-refractivity contribution < 1.29 is 9.18 Å². The molecule has 144 valence electrons. The smallest absolute Gasteiger partial charge is 0.272 e. The number of anilines is 2. The molecule has 2 heterocycles. The van der Waals surface area contributed by atoms with E-state index in [1.165, 1.54) is 6.07 Å². The topological polar surface area (TPSA) is 52.6 Å². The van der Waals surface area contributed by atoms with Crippen molar-refractivity contribution in [3.63, 3.8) is 0 Å². The number of unbranched alkanes of at least 4 members (excludes halogenated alkanes) is 1. The van der Waals surface area contributed by atoms with Gasteiger partial charge in [0, 0.05) is 46.0 Å². The number of hydrogen-bond donors (Lipinski definition) is 0. The van der Waals surface area contributed by atoms with E-state index in [-0.39, 0.29) is 11.7 Å². The van der Waals surface area contributed by atoms with Crippen molar-refractivity contribution >= 4 is 17.5 Å². The van der Waals surface area contributed by atoms with Crippen LogP contribution in [0.4, 0.5) is 16.0 Å². The number of piperazine rings is 1. The number of nitrogens with zero attached hydrogens (tertiary/aromatic N) is 5. The first kappa shape index (κ1) is 19.1. The van der Waals surface area contributed by atoms with Crippen LogP contribution in [-0.4, -0.2) is 60.5 Å². The Kier molecular flexibility index (Phi) is 6.21. The molecule has 1 aromatic carbocycles. The molecule has 1 fully saturated rings. The van der Waals surface area contributed by atoms with E-state index in [2.05, 4.69) is 16.9 Å². The van der Waals surface area contributed by atoms with E-state index in [4.69, 9.17) is 0 Å². The SMILES string of the molecule is CCCCN(C)C(=O)c1ccnc(N2CCN(c3ccccc3F)CC2)n1. The summed E-state index contributed by atoms with van der Waals surface area (Å²) in [6.07, 6.45) is 3.64. The lowest BCUT2D eigenvalue weighted by molar-refractivity contribution is 0.0787. The van der Waals surface area contributed by atoms with Crippen molar-refractivity contribution in [2.24, 2.45) is 0 Å². The van der Waals surface area contributed by atoms with Crippen LogP contribution < -0.4 is 9.80 Å². The number of carbonyl (C=O) groups excluding carboxylic acids is 1. The molecule has 0 unspecified atom stereocenters. The highest BCUT2D eigenvalue weighted by Crippen LogP contribution is 2.21. The van der Waals surface area contributed by atoms with Gasteiger partial charge >= 0.3 is 0 Å². The fraction of sp³-hybridized carbons (Fsp3) is 0.450. The van der Waals surface area contributed by atoms with Crippen LogP contribution in [0.15, 0.2) is 36.5 Å². The van der Waals surface area contributed by atoms with Crippen molar-refractivity contribution in [2.45, 2.75) is 19.8 Å². The van der Waals surface area contributed by atoms with Crippen LogP contribution in [0.5, 0.6) is 0 Å². The van der Waals surface area contributed by atoms with Crippen LogP contribution in [0.1, 0.15) is 30.3 Å². The third kappa shape index (κ3) is 4.53. The normalized spacial score (nSPS) is 14.3. The highest BCUT2D eigenvalue weighted by Gasteiger charge is 2.22. The van der Waals surface area contributed by atoms with Crippen LogP contribution >= 0.6 is 0 Å². The van der Waals surface area contributed by atoms with Gasteiger partial charge in [-0.1, -0.05) is 25.5 Å². The summed E-state index contributed by atoms with van der Waals surface area (Å²) in [5, 5.41) is 0. The Balaban J connectivity index is 1.65. The zero-order chi connectivity index (χ0) is 19.2. The molecule has 27 heavy (non-hydrogen) atoms. The van der Waals surface area contributed by atoms with Gasteiger partial charge in [-0.3, -0.25) is 4.79 Å². The molecule has 0 atom stereocenters. The third-order valence-corrected chi connectivity index (χ3v) is 4.81. The van der Waals surface area contributed by atoms with Crippen molar-refractivity contribution in [3.8, 4) is 0 Å². The van der Waals surface area contributed by atoms with Gasteiger partial charge in [-0.05, 0) is 24.6 Å². The molecule has 0 N–H and O–H groups in total. The van der Waals surface area contributed by atoms with E-state index in [9.17, 15) is 9.18 Å². The summed E-state index contributed by atoms with van der Waals surface area (Å²) in [6, 6.07) is 8.48. The molecule has 1 amide bonds. The largest absolute Gasteiger partial charge is 0.366 e. The minimum atomic E-state index is -0.204. The van der Waals surface area contributed by atoms with E-state index < -0.39 is 0 Å². The van der Waals surface area contributed by atoms with Gasteiger partial charge < -0.3 is 14.7 Å². The summed E-state index contributed by atoms with van der Waals surface area (Å²) in [5.41, 5.74) is 1.04. The van der Waals surface area contributed by atoms with Crippen LogP contribution in [0.2, 0.25) is 0 Å². The highest BCUT2D eigenvalue weighted by molar-refractivity contribution is 5.92. The predicted octanol–water partition coefficient (Wildman–Crippen LogP) is 2.81. The van der Waals surface area contributed by atoms with Gasteiger partial charge in [-0.15, -0.1) is 0 Å². The van der Waals surface area contributed by atoms with E-state index in [1.807, 2.05) is 15.9 Å². The van der Waals surface area contributed by atoms with E-state index in [0.717, 1.165) is 19.4 Å². The maximum absolute atomic E-state index is 14.0. The Labute approximate surface area is 159 Å². The van der Waals surface area contributed by atoms with Gasteiger partial charge in [0.15, 0.2) is 0 Å². The van der Waals surface area contributed by atoms with Gasteiger partial charge in [-0.25, -0.2) is 14.4 Å². The zero-order valence-corrected chi connectivity index (χ0v) is 15.9. The Morgan fingerprint density at radius 2 is 1.85 bits per heavy atom. The van der Waals surface area contributed by atoms with Crippen molar-refractivity contribution in [1.82, 2.24) is 14.9 Å². The fourth-order valence-corrected chi connectivity index (χ4v) is 3.17. The monoisotopic (exact) mass is 371 g/mol. The summed E-state index contributed by atoms with van der Waals surface area (Å²) in [7, 11) is 1.80. The van der Waals surface area contributed by atoms with Gasteiger partial charge in [0.25, 0.3) is 5.91 Å². The average Bonchev–Trinajstić information content (AvgIpc) is 2.72. The van der Waals surface area contributed by atoms with Gasteiger partial charge in [0.2, 0.25) is 5.95 Å². The molecule has 1 saturated heterocycles. The number of hydrogen-bond acceptors (Lipinski definition) is 5. The number of carbonyl (C=O) groups is 1. The van der Waals surface area contributed by atoms with Crippen molar-refractivity contribution in [2.75, 3.05) is 49.6 Å². The zero-order valence-electron chi connectivity index (χ0n) is 15.9. The van der Waals surface area contributed by atoms with Gasteiger partial charge in [0.1, 0.15) is 11.5 Å². The Morgan fingerprint density at radius 3 is 2.56 bits per heavy atom. The minimum Gasteiger partial charge on any atom is -0.366 e. The fourth-order valence-electron chi connectivity index (χ4n) is 3.17. The molecule has 7 heteroatoms. The second kappa shape index (κ2) is 8.79. The van der Waals surface area contributed by atoms with E-state index in [1.54, 1.807) is 36.3 Å². The molecule has 1 aliphatic rings. The van der Waals surface area contributed by atoms with E-state index >= 15 is 0 Å². The van der Waals surface area contributed by atoms with Crippen LogP contribution in [-0.2, 0) is 0 Å². The number of aromatic nitrogens is 2. The van der Waals surface area contributed by atoms with Crippen molar-refractivity contribution in [3.05, 3.63) is 48.0 Å². The first-order valence-corrected chi connectivity index (χ1v) is 9.43. The Morgan fingerprint density at radius 1 is 1.15 bits per heavy atom. The average molecular weight is 371 g/mol. The second-order valence-corrected chi connectivity index (χ2v) is 6.75. The number of rotatable bonds is 6. The molecule has 1 aromatic heterocycles. The summed E-state index contributed by atoms with van der Waals surface area (Å²) >= 11 is 0. The van der Waals surface area contributed by atoms with Gasteiger partial charge in [-0.2, -0.15) is 0 Å². The predicted molar refractivity (Wildman–Crippen MR) is 105 cm³/mol. The van der Waals surface area contributed by atoms with Crippen molar-refractivity contribution in [1.29, 1.82) is 0 Å². The maximum atomic E-state index is 14.0. The first-order valence-electron chi connectivity index (χ1n) is 9.43. The van der Waals surface area contributed by atoms with Crippen LogP contribution in [0, 0.1) is 5.82 Å². The van der Waals surface area contributed by atoms with Crippen LogP contribution in [0.25, 0.3) is 0 Å². The summed E-state index contributed by atoms with van der Waals surface area (Å²) in [5.74, 6) is 0.264. The molecule has 3 rings (SSSR count). The third-order valence-electron chi connectivity index (χ3n) is 4.81. The number of para-hydroxylation sites is 1. The Bertz CT molecular complexity index is 776. The highest BCUT2D eigenvalue weighted by atomic mass is 19.1. The molecule has 0 spiro atoms. The molecule has 1 aliphatic heterocycles. The second-order valence-electron chi connectivity index (χ2n) is 6.75. The summed E-state index contributed by atoms with van der Waals surface area (Å²) in [6.45, 7) is 5.53. The number of amides is 1.